The fourth-order valence-corrected chi connectivity index (χ4v) is 3.02. The van der Waals surface area contributed by atoms with Gasteiger partial charge in [-0.25, -0.2) is 17.9 Å². The quantitative estimate of drug-likeness (QED) is 0.862. The van der Waals surface area contributed by atoms with Gasteiger partial charge in [0, 0.05) is 6.54 Å². The second-order valence-corrected chi connectivity index (χ2v) is 7.35. The van der Waals surface area contributed by atoms with Crippen LogP contribution in [-0.4, -0.2) is 14.4 Å². The Bertz CT molecular complexity index is 821. The van der Waals surface area contributed by atoms with Crippen molar-refractivity contribution in [1.82, 2.24) is 10.0 Å². The number of carbonyl (C=O) groups is 1. The lowest BCUT2D eigenvalue weighted by Crippen LogP contribution is -2.39. The van der Waals surface area contributed by atoms with Gasteiger partial charge >= 0.3 is 6.03 Å². The van der Waals surface area contributed by atoms with Crippen LogP contribution in [0.1, 0.15) is 11.1 Å². The zero-order chi connectivity index (χ0) is 17.0. The standard InChI is InChI=1S/C15H14Cl2N2O3S/c1-10-2-5-12(6-3-10)23(21,22)19-15(20)18-9-11-4-7-13(16)14(17)8-11/h2-8H,9H2,1H3,(H2,18,19,20). The Balaban J connectivity index is 1.98. The Morgan fingerprint density at radius 1 is 1.04 bits per heavy atom. The van der Waals surface area contributed by atoms with Crippen LogP contribution in [0.5, 0.6) is 0 Å². The first-order chi connectivity index (χ1) is 10.8. The molecule has 0 spiro atoms. The maximum atomic E-state index is 12.1. The summed E-state index contributed by atoms with van der Waals surface area (Å²) in [6, 6.07) is 10.2. The summed E-state index contributed by atoms with van der Waals surface area (Å²) in [5, 5.41) is 3.22. The number of nitrogens with one attached hydrogen (secondary N) is 2. The van der Waals surface area contributed by atoms with Gasteiger partial charge in [0.1, 0.15) is 0 Å². The molecule has 0 heterocycles. The van der Waals surface area contributed by atoms with Gasteiger partial charge in [-0.2, -0.15) is 0 Å². The van der Waals surface area contributed by atoms with E-state index < -0.39 is 16.1 Å². The molecule has 2 aromatic carbocycles. The molecule has 2 rings (SSSR count). The molecule has 0 fully saturated rings. The summed E-state index contributed by atoms with van der Waals surface area (Å²) in [4.78, 5) is 11.8. The van der Waals surface area contributed by atoms with Crippen LogP contribution in [0.25, 0.3) is 0 Å². The summed E-state index contributed by atoms with van der Waals surface area (Å²) >= 11 is 11.7. The third-order valence-electron chi connectivity index (χ3n) is 3.00. The van der Waals surface area contributed by atoms with Crippen LogP contribution in [0.2, 0.25) is 10.0 Å². The number of benzene rings is 2. The summed E-state index contributed by atoms with van der Waals surface area (Å²) in [5.41, 5.74) is 1.62. The molecule has 122 valence electrons. The minimum Gasteiger partial charge on any atom is -0.333 e. The average molecular weight is 373 g/mol. The van der Waals surface area contributed by atoms with E-state index in [1.807, 2.05) is 11.6 Å². The summed E-state index contributed by atoms with van der Waals surface area (Å²) in [7, 11) is -3.90. The zero-order valence-electron chi connectivity index (χ0n) is 12.1. The highest BCUT2D eigenvalue weighted by atomic mass is 35.5. The molecule has 2 amide bonds. The number of amides is 2. The van der Waals surface area contributed by atoms with E-state index in [9.17, 15) is 13.2 Å². The third kappa shape index (κ3) is 4.86. The molecule has 0 saturated heterocycles. The van der Waals surface area contributed by atoms with E-state index in [-0.39, 0.29) is 11.4 Å². The van der Waals surface area contributed by atoms with Crippen LogP contribution < -0.4 is 10.0 Å². The van der Waals surface area contributed by atoms with E-state index >= 15 is 0 Å². The molecular formula is C15H14Cl2N2O3S. The number of hydrogen-bond donors (Lipinski definition) is 2. The maximum Gasteiger partial charge on any atom is 0.328 e. The first kappa shape index (κ1) is 17.6. The molecule has 0 aliphatic carbocycles. The molecular weight excluding hydrogens is 359 g/mol. The summed E-state index contributed by atoms with van der Waals surface area (Å²) in [6.45, 7) is 1.96. The van der Waals surface area contributed by atoms with E-state index in [2.05, 4.69) is 5.32 Å². The van der Waals surface area contributed by atoms with Crippen molar-refractivity contribution in [2.75, 3.05) is 0 Å². The van der Waals surface area contributed by atoms with Gasteiger partial charge in [0.25, 0.3) is 10.0 Å². The fraction of sp³-hybridized carbons (Fsp3) is 0.133. The van der Waals surface area contributed by atoms with E-state index in [1.54, 1.807) is 30.3 Å². The van der Waals surface area contributed by atoms with E-state index in [0.29, 0.717) is 15.6 Å². The highest BCUT2D eigenvalue weighted by Gasteiger charge is 2.17. The van der Waals surface area contributed by atoms with Gasteiger partial charge < -0.3 is 5.32 Å². The molecule has 5 nitrogen and oxygen atoms in total. The summed E-state index contributed by atoms with van der Waals surface area (Å²) < 4.78 is 26.1. The number of halogens is 2. The first-order valence-electron chi connectivity index (χ1n) is 6.59. The number of carbonyl (C=O) groups excluding carboxylic acids is 1. The van der Waals surface area contributed by atoms with Crippen LogP contribution in [0.15, 0.2) is 47.4 Å². The van der Waals surface area contributed by atoms with Gasteiger partial charge in [0.05, 0.1) is 14.9 Å². The van der Waals surface area contributed by atoms with Gasteiger partial charge in [-0.1, -0.05) is 47.0 Å². The second kappa shape index (κ2) is 7.21. The van der Waals surface area contributed by atoms with Crippen molar-refractivity contribution in [3.05, 3.63) is 63.6 Å². The lowest BCUT2D eigenvalue weighted by Gasteiger charge is -2.09. The molecule has 2 N–H and O–H groups in total. The van der Waals surface area contributed by atoms with Gasteiger partial charge in [-0.3, -0.25) is 0 Å². The van der Waals surface area contributed by atoms with Gasteiger partial charge in [0.15, 0.2) is 0 Å². The van der Waals surface area contributed by atoms with Gasteiger partial charge in [-0.15, -0.1) is 0 Å². The van der Waals surface area contributed by atoms with E-state index in [4.69, 9.17) is 23.2 Å². The Morgan fingerprint density at radius 3 is 2.30 bits per heavy atom. The first-order valence-corrected chi connectivity index (χ1v) is 8.83. The SMILES string of the molecule is Cc1ccc(S(=O)(=O)NC(=O)NCc2ccc(Cl)c(Cl)c2)cc1. The number of hydrogen-bond acceptors (Lipinski definition) is 3. The summed E-state index contributed by atoms with van der Waals surface area (Å²) in [6.07, 6.45) is 0. The van der Waals surface area contributed by atoms with Gasteiger partial charge in [-0.05, 0) is 36.8 Å². The smallest absolute Gasteiger partial charge is 0.328 e. The molecule has 0 bridgehead atoms. The predicted molar refractivity (Wildman–Crippen MR) is 90.2 cm³/mol. The molecule has 0 radical (unpaired) electrons. The molecule has 2 aromatic rings. The van der Waals surface area contributed by atoms with Crippen LogP contribution in [0, 0.1) is 6.92 Å². The van der Waals surface area contributed by atoms with Crippen molar-refractivity contribution in [2.45, 2.75) is 18.4 Å². The normalized spacial score (nSPS) is 11.1. The predicted octanol–water partition coefficient (Wildman–Crippen LogP) is 3.49. The number of urea groups is 1. The largest absolute Gasteiger partial charge is 0.333 e. The fourth-order valence-electron chi connectivity index (χ4n) is 1.77. The lowest BCUT2D eigenvalue weighted by atomic mass is 10.2. The Labute approximate surface area is 144 Å². The molecule has 23 heavy (non-hydrogen) atoms. The minimum atomic E-state index is -3.90. The Kier molecular flexibility index (Phi) is 5.51. The highest BCUT2D eigenvalue weighted by molar-refractivity contribution is 7.90. The molecule has 0 saturated carbocycles. The third-order valence-corrected chi connectivity index (χ3v) is 5.08. The molecule has 0 aliphatic heterocycles. The monoisotopic (exact) mass is 372 g/mol. The van der Waals surface area contributed by atoms with Crippen molar-refractivity contribution in [2.24, 2.45) is 0 Å². The van der Waals surface area contributed by atoms with Crippen molar-refractivity contribution < 1.29 is 13.2 Å². The average Bonchev–Trinajstić information content (AvgIpc) is 2.48. The second-order valence-electron chi connectivity index (χ2n) is 4.85. The molecule has 0 unspecified atom stereocenters. The topological polar surface area (TPSA) is 75.3 Å². The number of sulfonamides is 1. The van der Waals surface area contributed by atoms with Crippen molar-refractivity contribution >= 4 is 39.3 Å². The number of rotatable bonds is 4. The Hall–Kier alpha value is -1.76. The molecule has 8 heteroatoms. The van der Waals surface area contributed by atoms with Crippen LogP contribution in [0.4, 0.5) is 4.79 Å². The molecule has 0 aromatic heterocycles. The van der Waals surface area contributed by atoms with Crippen molar-refractivity contribution in [3.8, 4) is 0 Å². The number of aryl methyl sites for hydroxylation is 1. The van der Waals surface area contributed by atoms with E-state index in [1.165, 1.54) is 12.1 Å². The Morgan fingerprint density at radius 2 is 1.70 bits per heavy atom. The van der Waals surface area contributed by atoms with Crippen LogP contribution in [0.3, 0.4) is 0 Å². The molecule has 0 atom stereocenters. The van der Waals surface area contributed by atoms with Crippen LogP contribution in [-0.2, 0) is 16.6 Å². The van der Waals surface area contributed by atoms with Crippen LogP contribution >= 0.6 is 23.2 Å². The minimum absolute atomic E-state index is 0.0211. The molecule has 0 aliphatic rings. The maximum absolute atomic E-state index is 12.1. The van der Waals surface area contributed by atoms with Crippen molar-refractivity contribution in [1.29, 1.82) is 0 Å². The summed E-state index contributed by atoms with van der Waals surface area (Å²) in [5.74, 6) is 0. The lowest BCUT2D eigenvalue weighted by molar-refractivity contribution is 0.245. The zero-order valence-corrected chi connectivity index (χ0v) is 14.5. The van der Waals surface area contributed by atoms with Gasteiger partial charge in [0.2, 0.25) is 0 Å². The van der Waals surface area contributed by atoms with E-state index in [0.717, 1.165) is 5.56 Å². The highest BCUT2D eigenvalue weighted by Crippen LogP contribution is 2.22. The van der Waals surface area contributed by atoms with Crippen molar-refractivity contribution in [3.63, 3.8) is 0 Å².